The Hall–Kier alpha value is -4.13. The van der Waals surface area contributed by atoms with E-state index < -0.39 is 0 Å². The van der Waals surface area contributed by atoms with Gasteiger partial charge in [-0.25, -0.2) is 0 Å². The van der Waals surface area contributed by atoms with Crippen LogP contribution < -0.4 is 20.1 Å². The molecule has 1 aromatic heterocycles. The van der Waals surface area contributed by atoms with E-state index in [2.05, 4.69) is 25.6 Å². The van der Waals surface area contributed by atoms with E-state index in [-0.39, 0.29) is 0 Å². The Morgan fingerprint density at radius 1 is 0.594 bits per heavy atom. The summed E-state index contributed by atoms with van der Waals surface area (Å²) in [6.45, 7) is 1.17. The van der Waals surface area contributed by atoms with Crippen LogP contribution in [0.25, 0.3) is 11.4 Å². The maximum absolute atomic E-state index is 5.22. The number of nitrogens with zero attached hydrogens (tertiary/aromatic N) is 3. The molecule has 4 aromatic rings. The van der Waals surface area contributed by atoms with Gasteiger partial charge < -0.3 is 20.1 Å². The number of nitrogens with one attached hydrogen (secondary N) is 2. The van der Waals surface area contributed by atoms with Crippen molar-refractivity contribution in [2.24, 2.45) is 0 Å². The number of rotatable bonds is 9. The molecule has 7 nitrogen and oxygen atoms in total. The molecular weight excluding hydrogens is 402 g/mol. The fourth-order valence-electron chi connectivity index (χ4n) is 3.10. The highest BCUT2D eigenvalue weighted by atomic mass is 16.5. The molecule has 0 atom stereocenters. The first-order valence-corrected chi connectivity index (χ1v) is 10.3. The second-order valence-electron chi connectivity index (χ2n) is 7.08. The van der Waals surface area contributed by atoms with Gasteiger partial charge in [0.2, 0.25) is 11.9 Å². The van der Waals surface area contributed by atoms with Gasteiger partial charge in [0.15, 0.2) is 5.82 Å². The lowest BCUT2D eigenvalue weighted by molar-refractivity contribution is 0.414. The average molecular weight is 428 g/mol. The normalized spacial score (nSPS) is 10.4. The maximum Gasteiger partial charge on any atom is 0.228 e. The second-order valence-corrected chi connectivity index (χ2v) is 7.08. The van der Waals surface area contributed by atoms with Gasteiger partial charge >= 0.3 is 0 Å². The van der Waals surface area contributed by atoms with Gasteiger partial charge in [-0.05, 0) is 35.4 Å². The van der Waals surface area contributed by atoms with E-state index in [0.717, 1.165) is 28.2 Å². The molecule has 7 heteroatoms. The van der Waals surface area contributed by atoms with Gasteiger partial charge in [-0.2, -0.15) is 15.0 Å². The Bertz CT molecular complexity index is 1060. The van der Waals surface area contributed by atoms with Gasteiger partial charge in [-0.1, -0.05) is 54.6 Å². The third kappa shape index (κ3) is 5.51. The van der Waals surface area contributed by atoms with E-state index in [1.54, 1.807) is 14.2 Å². The van der Waals surface area contributed by atoms with Crippen molar-refractivity contribution in [3.05, 3.63) is 90.0 Å². The van der Waals surface area contributed by atoms with E-state index in [0.29, 0.717) is 30.8 Å². The molecule has 0 radical (unpaired) electrons. The van der Waals surface area contributed by atoms with E-state index >= 15 is 0 Å². The molecule has 0 saturated carbocycles. The Morgan fingerprint density at radius 3 is 1.50 bits per heavy atom. The number of methoxy groups -OCH3 is 2. The third-order valence-electron chi connectivity index (χ3n) is 4.89. The van der Waals surface area contributed by atoms with Crippen molar-refractivity contribution in [2.45, 2.75) is 13.1 Å². The first-order chi connectivity index (χ1) is 15.7. The summed E-state index contributed by atoms with van der Waals surface area (Å²) in [5, 5.41) is 6.61. The highest BCUT2D eigenvalue weighted by Crippen LogP contribution is 2.19. The number of anilines is 2. The monoisotopic (exact) mass is 427 g/mol. The van der Waals surface area contributed by atoms with Crippen LogP contribution in [0, 0.1) is 0 Å². The van der Waals surface area contributed by atoms with Crippen LogP contribution in [0.3, 0.4) is 0 Å². The quantitative estimate of drug-likeness (QED) is 0.398. The summed E-state index contributed by atoms with van der Waals surface area (Å²) in [6, 6.07) is 25.6. The number of benzene rings is 3. The lowest BCUT2D eigenvalue weighted by Crippen LogP contribution is -2.10. The van der Waals surface area contributed by atoms with E-state index in [9.17, 15) is 0 Å². The lowest BCUT2D eigenvalue weighted by atomic mass is 10.2. The molecule has 0 saturated heterocycles. The molecule has 0 fully saturated rings. The minimum Gasteiger partial charge on any atom is -0.497 e. The van der Waals surface area contributed by atoms with Crippen LogP contribution in [-0.4, -0.2) is 29.2 Å². The summed E-state index contributed by atoms with van der Waals surface area (Å²) in [4.78, 5) is 13.8. The Balaban J connectivity index is 1.52. The Morgan fingerprint density at radius 2 is 1.06 bits per heavy atom. The number of ether oxygens (including phenoxy) is 2. The zero-order chi connectivity index (χ0) is 22.2. The Labute approximate surface area is 187 Å². The summed E-state index contributed by atoms with van der Waals surface area (Å²) in [5.74, 6) is 3.27. The van der Waals surface area contributed by atoms with Gasteiger partial charge in [-0.15, -0.1) is 0 Å². The molecule has 0 aliphatic rings. The van der Waals surface area contributed by atoms with Crippen molar-refractivity contribution in [3.63, 3.8) is 0 Å². The van der Waals surface area contributed by atoms with Crippen molar-refractivity contribution in [3.8, 4) is 22.9 Å². The smallest absolute Gasteiger partial charge is 0.228 e. The number of hydrogen-bond donors (Lipinski definition) is 2. The Kier molecular flexibility index (Phi) is 6.77. The van der Waals surface area contributed by atoms with Crippen LogP contribution >= 0.6 is 0 Å². The van der Waals surface area contributed by atoms with Crippen LogP contribution in [0.15, 0.2) is 78.9 Å². The van der Waals surface area contributed by atoms with E-state index in [1.807, 2.05) is 78.9 Å². The van der Waals surface area contributed by atoms with Crippen molar-refractivity contribution in [1.82, 2.24) is 15.0 Å². The van der Waals surface area contributed by atoms with Crippen LogP contribution in [0.1, 0.15) is 11.1 Å². The van der Waals surface area contributed by atoms with Crippen LogP contribution in [-0.2, 0) is 13.1 Å². The highest BCUT2D eigenvalue weighted by molar-refractivity contribution is 5.58. The molecule has 32 heavy (non-hydrogen) atoms. The predicted octanol–water partition coefficient (Wildman–Crippen LogP) is 4.78. The van der Waals surface area contributed by atoms with Crippen molar-refractivity contribution < 1.29 is 9.47 Å². The molecule has 1 heterocycles. The van der Waals surface area contributed by atoms with Crippen LogP contribution in [0.4, 0.5) is 11.9 Å². The fraction of sp³-hybridized carbons (Fsp3) is 0.160. The van der Waals surface area contributed by atoms with Crippen LogP contribution in [0.2, 0.25) is 0 Å². The van der Waals surface area contributed by atoms with Gasteiger partial charge in [0.1, 0.15) is 11.5 Å². The standard InChI is InChI=1S/C25H25N5O2/c1-31-21-12-8-18(9-13-21)16-26-24-28-23(20-6-4-3-5-7-20)29-25(30-24)27-17-19-10-14-22(32-2)15-11-19/h3-15H,16-17H2,1-2H3,(H2,26,27,28,29,30). The predicted molar refractivity (Wildman–Crippen MR) is 126 cm³/mol. The van der Waals surface area contributed by atoms with Gasteiger partial charge in [-0.3, -0.25) is 0 Å². The molecule has 0 aliphatic heterocycles. The fourth-order valence-corrected chi connectivity index (χ4v) is 3.10. The second kappa shape index (κ2) is 10.3. The minimum atomic E-state index is 0.506. The lowest BCUT2D eigenvalue weighted by Gasteiger charge is -2.11. The number of hydrogen-bond acceptors (Lipinski definition) is 7. The maximum atomic E-state index is 5.22. The molecule has 0 unspecified atom stereocenters. The van der Waals surface area contributed by atoms with Gasteiger partial charge in [0.05, 0.1) is 14.2 Å². The SMILES string of the molecule is COc1ccc(CNc2nc(NCc3ccc(OC)cc3)nc(-c3ccccc3)n2)cc1. The van der Waals surface area contributed by atoms with Crippen molar-refractivity contribution in [2.75, 3.05) is 24.9 Å². The summed E-state index contributed by atoms with van der Waals surface area (Å²) in [7, 11) is 3.31. The number of aromatic nitrogens is 3. The molecule has 0 bridgehead atoms. The molecule has 0 spiro atoms. The van der Waals surface area contributed by atoms with Crippen LogP contribution in [0.5, 0.6) is 11.5 Å². The first-order valence-electron chi connectivity index (χ1n) is 10.3. The van der Waals surface area contributed by atoms with Gasteiger partial charge in [0.25, 0.3) is 0 Å². The molecule has 2 N–H and O–H groups in total. The molecular formula is C25H25N5O2. The molecule has 162 valence electrons. The summed E-state index contributed by atoms with van der Waals surface area (Å²) < 4.78 is 10.4. The van der Waals surface area contributed by atoms with Crippen molar-refractivity contribution >= 4 is 11.9 Å². The molecule has 0 aliphatic carbocycles. The average Bonchev–Trinajstić information content (AvgIpc) is 2.87. The highest BCUT2D eigenvalue weighted by Gasteiger charge is 2.09. The zero-order valence-corrected chi connectivity index (χ0v) is 18.1. The summed E-state index contributed by atoms with van der Waals surface area (Å²) in [6.07, 6.45) is 0. The van der Waals surface area contributed by atoms with Gasteiger partial charge in [0, 0.05) is 18.7 Å². The zero-order valence-electron chi connectivity index (χ0n) is 18.1. The summed E-state index contributed by atoms with van der Waals surface area (Å²) in [5.41, 5.74) is 3.12. The first kappa shape index (κ1) is 21.1. The van der Waals surface area contributed by atoms with E-state index in [1.165, 1.54) is 0 Å². The molecule has 3 aromatic carbocycles. The summed E-state index contributed by atoms with van der Waals surface area (Å²) >= 11 is 0. The van der Waals surface area contributed by atoms with Crippen molar-refractivity contribution in [1.29, 1.82) is 0 Å². The largest absolute Gasteiger partial charge is 0.497 e. The molecule has 4 rings (SSSR count). The van der Waals surface area contributed by atoms with E-state index in [4.69, 9.17) is 9.47 Å². The minimum absolute atomic E-state index is 0.506. The molecule has 0 amide bonds. The third-order valence-corrected chi connectivity index (χ3v) is 4.89. The topological polar surface area (TPSA) is 81.2 Å².